The fourth-order valence-electron chi connectivity index (χ4n) is 3.42. The number of hydrogen-bond donors (Lipinski definition) is 0. The van der Waals surface area contributed by atoms with Crippen LogP contribution in [0.1, 0.15) is 96.8 Å². The summed E-state index contributed by atoms with van der Waals surface area (Å²) in [6.45, 7) is 4.89. The Hall–Kier alpha value is 0.360. The SMILES string of the molecule is CCCCCCCCCCCCCCCCOCC(C[N+](C)(C)C)OC.[Br-]. The van der Waals surface area contributed by atoms with Crippen molar-refractivity contribution in [2.75, 3.05) is 48.0 Å². The largest absolute Gasteiger partial charge is 1.00 e. The summed E-state index contributed by atoms with van der Waals surface area (Å²) in [5.74, 6) is 0. The quantitative estimate of drug-likeness (QED) is 0.209. The third-order valence-corrected chi connectivity index (χ3v) is 5.03. The molecule has 3 nitrogen and oxygen atoms in total. The first kappa shape index (κ1) is 29.6. The third-order valence-electron chi connectivity index (χ3n) is 5.03. The molecule has 0 fully saturated rings. The van der Waals surface area contributed by atoms with E-state index in [2.05, 4.69) is 28.1 Å². The standard InChI is InChI=1S/C23H50NO2.BrH/c1-6-7-8-9-10-11-12-13-14-15-16-17-18-19-20-26-22-23(25-5)21-24(2,3)4;/h23H,6-22H2,1-5H3;1H/q+1;/p-1. The fourth-order valence-corrected chi connectivity index (χ4v) is 3.42. The molecule has 1 unspecified atom stereocenters. The average Bonchev–Trinajstić information content (AvgIpc) is 2.59. The maximum absolute atomic E-state index is 5.80. The van der Waals surface area contributed by atoms with Crippen LogP contribution in [0.3, 0.4) is 0 Å². The minimum Gasteiger partial charge on any atom is -1.00 e. The summed E-state index contributed by atoms with van der Waals surface area (Å²) in [5.41, 5.74) is 0. The summed E-state index contributed by atoms with van der Waals surface area (Å²) < 4.78 is 12.2. The minimum absolute atomic E-state index is 0. The molecular weight excluding hydrogens is 402 g/mol. The van der Waals surface area contributed by atoms with Crippen LogP contribution >= 0.6 is 0 Å². The summed E-state index contributed by atoms with van der Waals surface area (Å²) in [6, 6.07) is 0. The van der Waals surface area contributed by atoms with Gasteiger partial charge in [0.05, 0.1) is 27.7 Å². The van der Waals surface area contributed by atoms with E-state index >= 15 is 0 Å². The van der Waals surface area contributed by atoms with Gasteiger partial charge in [0.15, 0.2) is 0 Å². The number of likely N-dealkylation sites (N-methyl/N-ethyl adjacent to an activating group) is 1. The van der Waals surface area contributed by atoms with Crippen molar-refractivity contribution in [3.63, 3.8) is 0 Å². The van der Waals surface area contributed by atoms with Crippen molar-refractivity contribution in [2.24, 2.45) is 0 Å². The number of nitrogens with zero attached hydrogens (tertiary/aromatic N) is 1. The molecule has 0 radical (unpaired) electrons. The van der Waals surface area contributed by atoms with Gasteiger partial charge in [0.1, 0.15) is 12.6 Å². The number of rotatable bonds is 20. The van der Waals surface area contributed by atoms with Crippen molar-refractivity contribution in [3.8, 4) is 0 Å². The predicted molar refractivity (Wildman–Crippen MR) is 115 cm³/mol. The minimum atomic E-state index is 0. The Morgan fingerprint density at radius 2 is 1.07 bits per heavy atom. The van der Waals surface area contributed by atoms with E-state index in [-0.39, 0.29) is 23.1 Å². The lowest BCUT2D eigenvalue weighted by atomic mass is 10.0. The normalized spacial score (nSPS) is 12.8. The van der Waals surface area contributed by atoms with Crippen LogP contribution in [0, 0.1) is 0 Å². The summed E-state index contributed by atoms with van der Waals surface area (Å²) in [7, 11) is 8.37. The summed E-state index contributed by atoms with van der Waals surface area (Å²) in [6.07, 6.45) is 19.8. The molecule has 0 N–H and O–H groups in total. The van der Waals surface area contributed by atoms with E-state index in [1.54, 1.807) is 7.11 Å². The Bertz CT molecular complexity index is 282. The van der Waals surface area contributed by atoms with Crippen LogP contribution in [0.25, 0.3) is 0 Å². The fraction of sp³-hybridized carbons (Fsp3) is 1.00. The van der Waals surface area contributed by atoms with Gasteiger partial charge < -0.3 is 30.9 Å². The number of unbranched alkanes of at least 4 members (excludes halogenated alkanes) is 13. The molecule has 4 heteroatoms. The van der Waals surface area contributed by atoms with Crippen molar-refractivity contribution >= 4 is 0 Å². The molecule has 1 atom stereocenters. The van der Waals surface area contributed by atoms with Gasteiger partial charge in [-0.1, -0.05) is 90.4 Å². The van der Waals surface area contributed by atoms with Crippen molar-refractivity contribution < 1.29 is 30.9 Å². The Morgan fingerprint density at radius 3 is 1.44 bits per heavy atom. The number of halogens is 1. The zero-order chi connectivity index (χ0) is 19.5. The summed E-state index contributed by atoms with van der Waals surface area (Å²) >= 11 is 0. The van der Waals surface area contributed by atoms with Gasteiger partial charge in [-0.25, -0.2) is 0 Å². The molecule has 0 spiro atoms. The molecule has 0 saturated heterocycles. The third kappa shape index (κ3) is 24.3. The van der Waals surface area contributed by atoms with Crippen LogP contribution in [-0.4, -0.2) is 58.6 Å². The van der Waals surface area contributed by atoms with Gasteiger partial charge in [0.25, 0.3) is 0 Å². The van der Waals surface area contributed by atoms with E-state index in [1.807, 2.05) is 0 Å². The molecule has 0 saturated carbocycles. The van der Waals surface area contributed by atoms with E-state index in [0.29, 0.717) is 0 Å². The molecule has 0 aliphatic rings. The molecule has 0 aromatic heterocycles. The van der Waals surface area contributed by atoms with Crippen LogP contribution in [0.4, 0.5) is 0 Å². The Balaban J connectivity index is 0. The van der Waals surface area contributed by atoms with E-state index in [1.165, 1.54) is 89.9 Å². The van der Waals surface area contributed by atoms with Crippen LogP contribution in [0.2, 0.25) is 0 Å². The van der Waals surface area contributed by atoms with Crippen molar-refractivity contribution in [1.82, 2.24) is 0 Å². The lowest BCUT2D eigenvalue weighted by Gasteiger charge is -2.28. The first-order valence-electron chi connectivity index (χ1n) is 11.4. The van der Waals surface area contributed by atoms with Gasteiger partial charge in [0, 0.05) is 13.7 Å². The van der Waals surface area contributed by atoms with Gasteiger partial charge >= 0.3 is 0 Å². The molecule has 0 aromatic rings. The maximum Gasteiger partial charge on any atom is 0.129 e. The maximum atomic E-state index is 5.80. The smallest absolute Gasteiger partial charge is 0.129 e. The van der Waals surface area contributed by atoms with Gasteiger partial charge in [-0.2, -0.15) is 0 Å². The molecule has 0 bridgehead atoms. The number of methoxy groups -OCH3 is 1. The first-order valence-corrected chi connectivity index (χ1v) is 11.4. The van der Waals surface area contributed by atoms with Crippen LogP contribution in [0.5, 0.6) is 0 Å². The van der Waals surface area contributed by atoms with E-state index in [9.17, 15) is 0 Å². The van der Waals surface area contributed by atoms with Gasteiger partial charge in [0.2, 0.25) is 0 Å². The lowest BCUT2D eigenvalue weighted by molar-refractivity contribution is -0.873. The van der Waals surface area contributed by atoms with Crippen LogP contribution < -0.4 is 17.0 Å². The number of hydrogen-bond acceptors (Lipinski definition) is 2. The first-order chi connectivity index (χ1) is 12.5. The highest BCUT2D eigenvalue weighted by molar-refractivity contribution is 4.54. The zero-order valence-corrected chi connectivity index (χ0v) is 20.8. The Kier molecular flexibility index (Phi) is 23.1. The van der Waals surface area contributed by atoms with Crippen molar-refractivity contribution in [3.05, 3.63) is 0 Å². The van der Waals surface area contributed by atoms with Gasteiger partial charge in [-0.15, -0.1) is 0 Å². The second-order valence-electron chi connectivity index (χ2n) is 9.00. The molecule has 0 aliphatic carbocycles. The predicted octanol–water partition coefficient (Wildman–Crippen LogP) is 3.21. The molecule has 0 rings (SSSR count). The molecular formula is C23H50BrNO2. The zero-order valence-electron chi connectivity index (χ0n) is 19.2. The highest BCUT2D eigenvalue weighted by Gasteiger charge is 2.17. The monoisotopic (exact) mass is 451 g/mol. The summed E-state index contributed by atoms with van der Waals surface area (Å²) in [5, 5.41) is 0. The van der Waals surface area contributed by atoms with E-state index in [0.717, 1.165) is 24.2 Å². The second-order valence-corrected chi connectivity index (χ2v) is 9.00. The van der Waals surface area contributed by atoms with Gasteiger partial charge in [-0.3, -0.25) is 0 Å². The summed E-state index contributed by atoms with van der Waals surface area (Å²) in [4.78, 5) is 0. The molecule has 0 amide bonds. The molecule has 0 aliphatic heterocycles. The van der Waals surface area contributed by atoms with Crippen LogP contribution in [-0.2, 0) is 9.47 Å². The second kappa shape index (κ2) is 21.1. The van der Waals surface area contributed by atoms with Crippen LogP contribution in [0.15, 0.2) is 0 Å². The highest BCUT2D eigenvalue weighted by Crippen LogP contribution is 2.13. The molecule has 166 valence electrons. The lowest BCUT2D eigenvalue weighted by Crippen LogP contribution is -3.00. The highest BCUT2D eigenvalue weighted by atomic mass is 79.9. The van der Waals surface area contributed by atoms with Crippen molar-refractivity contribution in [1.29, 1.82) is 0 Å². The number of ether oxygens (including phenoxy) is 2. The average molecular weight is 453 g/mol. The van der Waals surface area contributed by atoms with E-state index < -0.39 is 0 Å². The molecule has 0 aromatic carbocycles. The Morgan fingerprint density at radius 1 is 0.667 bits per heavy atom. The molecule has 0 heterocycles. The number of quaternary nitrogens is 1. The topological polar surface area (TPSA) is 18.5 Å². The Labute approximate surface area is 181 Å². The van der Waals surface area contributed by atoms with Gasteiger partial charge in [-0.05, 0) is 6.42 Å². The van der Waals surface area contributed by atoms with E-state index in [4.69, 9.17) is 9.47 Å². The van der Waals surface area contributed by atoms with Crippen molar-refractivity contribution in [2.45, 2.75) is 103 Å². The molecule has 27 heavy (non-hydrogen) atoms.